The number of pyridine rings is 1. The maximum atomic E-state index is 12.0. The molecule has 2 N–H and O–H groups in total. The van der Waals surface area contributed by atoms with Crippen LogP contribution in [0.2, 0.25) is 0 Å². The summed E-state index contributed by atoms with van der Waals surface area (Å²) in [6.07, 6.45) is 5.03. The van der Waals surface area contributed by atoms with E-state index < -0.39 is 0 Å². The summed E-state index contributed by atoms with van der Waals surface area (Å²) >= 11 is 0. The van der Waals surface area contributed by atoms with E-state index in [4.69, 9.17) is 4.74 Å². The molecule has 21 heavy (non-hydrogen) atoms. The van der Waals surface area contributed by atoms with Crippen molar-refractivity contribution in [3.63, 3.8) is 0 Å². The third-order valence-electron chi connectivity index (χ3n) is 3.43. The number of rotatable bonds is 2. The minimum atomic E-state index is -0.234. The third kappa shape index (κ3) is 3.51. The van der Waals surface area contributed by atoms with Crippen molar-refractivity contribution in [1.29, 1.82) is 0 Å². The predicted molar refractivity (Wildman–Crippen MR) is 80.4 cm³/mol. The van der Waals surface area contributed by atoms with Crippen LogP contribution in [-0.2, 0) is 6.42 Å². The minimum Gasteiger partial charge on any atom is -0.491 e. The molecule has 1 aromatic carbocycles. The second-order valence-electron chi connectivity index (χ2n) is 4.99. The van der Waals surface area contributed by atoms with Crippen LogP contribution in [0.3, 0.4) is 0 Å². The average molecular weight is 283 g/mol. The van der Waals surface area contributed by atoms with Crippen molar-refractivity contribution >= 4 is 11.7 Å². The lowest BCUT2D eigenvalue weighted by molar-refractivity contribution is 0.234. The molecule has 0 radical (unpaired) electrons. The van der Waals surface area contributed by atoms with Crippen molar-refractivity contribution in [2.75, 3.05) is 11.9 Å². The number of carbonyl (C=O) groups is 1. The van der Waals surface area contributed by atoms with Crippen molar-refractivity contribution in [3.8, 4) is 5.75 Å². The topological polar surface area (TPSA) is 63.2 Å². The average Bonchev–Trinajstić information content (AvgIpc) is 2.71. The molecule has 2 amide bonds. The number of ether oxygens (including phenoxy) is 1. The third-order valence-corrected chi connectivity index (χ3v) is 3.43. The summed E-state index contributed by atoms with van der Waals surface area (Å²) in [6.45, 7) is 0.484. The molecule has 0 fully saturated rings. The van der Waals surface area contributed by atoms with E-state index in [2.05, 4.69) is 21.7 Å². The number of anilines is 1. The Bertz CT molecular complexity index is 589. The van der Waals surface area contributed by atoms with Gasteiger partial charge in [-0.25, -0.2) is 4.79 Å². The standard InChI is InChI=1S/C16H17N3O2/c20-16(18-13-5-3-9-17-10-13)19-14-8-7-12-4-1-2-6-15(12)21-11-14/h1-6,9-10,14H,7-8,11H2,(H2,18,19,20). The maximum Gasteiger partial charge on any atom is 0.319 e. The molecule has 3 rings (SSSR count). The Kier molecular flexibility index (Phi) is 4.00. The monoisotopic (exact) mass is 283 g/mol. The Hall–Kier alpha value is -2.56. The van der Waals surface area contributed by atoms with Crippen molar-refractivity contribution in [2.45, 2.75) is 18.9 Å². The van der Waals surface area contributed by atoms with Crippen LogP contribution in [0.15, 0.2) is 48.8 Å². The first kappa shape index (κ1) is 13.4. The second kappa shape index (κ2) is 6.26. The molecular formula is C16H17N3O2. The fourth-order valence-corrected chi connectivity index (χ4v) is 2.36. The number of aryl methyl sites for hydroxylation is 1. The molecule has 0 aliphatic carbocycles. The van der Waals surface area contributed by atoms with E-state index >= 15 is 0 Å². The zero-order valence-electron chi connectivity index (χ0n) is 11.6. The molecule has 1 aliphatic heterocycles. The molecule has 0 saturated carbocycles. The smallest absolute Gasteiger partial charge is 0.319 e. The summed E-state index contributed by atoms with van der Waals surface area (Å²) in [4.78, 5) is 15.9. The SMILES string of the molecule is O=C(Nc1cccnc1)NC1CCc2ccccc2OC1. The summed E-state index contributed by atoms with van der Waals surface area (Å²) in [6, 6.07) is 11.3. The Morgan fingerprint density at radius 2 is 2.14 bits per heavy atom. The van der Waals surface area contributed by atoms with Gasteiger partial charge >= 0.3 is 6.03 Å². The summed E-state index contributed by atoms with van der Waals surface area (Å²) in [7, 11) is 0. The maximum absolute atomic E-state index is 12.0. The molecule has 2 aromatic rings. The zero-order valence-corrected chi connectivity index (χ0v) is 11.6. The zero-order chi connectivity index (χ0) is 14.5. The molecule has 1 unspecified atom stereocenters. The van der Waals surface area contributed by atoms with Gasteiger partial charge in [-0.1, -0.05) is 18.2 Å². The highest BCUT2D eigenvalue weighted by Crippen LogP contribution is 2.23. The first-order chi connectivity index (χ1) is 10.3. The van der Waals surface area contributed by atoms with E-state index in [0.717, 1.165) is 18.6 Å². The summed E-state index contributed by atoms with van der Waals surface area (Å²) in [5.74, 6) is 0.912. The Morgan fingerprint density at radius 1 is 1.24 bits per heavy atom. The molecule has 0 bridgehead atoms. The van der Waals surface area contributed by atoms with Crippen LogP contribution >= 0.6 is 0 Å². The van der Waals surface area contributed by atoms with Crippen LogP contribution in [0.5, 0.6) is 5.75 Å². The van der Waals surface area contributed by atoms with E-state index in [-0.39, 0.29) is 12.1 Å². The molecule has 0 spiro atoms. The molecule has 108 valence electrons. The highest BCUT2D eigenvalue weighted by molar-refractivity contribution is 5.89. The molecule has 5 heteroatoms. The molecule has 1 atom stereocenters. The van der Waals surface area contributed by atoms with E-state index in [9.17, 15) is 4.79 Å². The normalized spacial score (nSPS) is 17.0. The van der Waals surface area contributed by atoms with E-state index in [0.29, 0.717) is 12.3 Å². The van der Waals surface area contributed by atoms with E-state index in [1.165, 1.54) is 5.56 Å². The van der Waals surface area contributed by atoms with Gasteiger partial charge in [-0.3, -0.25) is 4.98 Å². The van der Waals surface area contributed by atoms with Gasteiger partial charge in [0.2, 0.25) is 0 Å². The number of nitrogens with one attached hydrogen (secondary N) is 2. The van der Waals surface area contributed by atoms with Crippen molar-refractivity contribution in [3.05, 3.63) is 54.4 Å². The highest BCUT2D eigenvalue weighted by Gasteiger charge is 2.18. The number of aromatic nitrogens is 1. The largest absolute Gasteiger partial charge is 0.491 e. The van der Waals surface area contributed by atoms with Crippen LogP contribution in [-0.4, -0.2) is 23.7 Å². The van der Waals surface area contributed by atoms with E-state index in [1.807, 2.05) is 18.2 Å². The summed E-state index contributed by atoms with van der Waals surface area (Å²) < 4.78 is 5.76. The minimum absolute atomic E-state index is 0.00549. The Morgan fingerprint density at radius 3 is 3.00 bits per heavy atom. The predicted octanol–water partition coefficient (Wildman–Crippen LogP) is 2.60. The number of amides is 2. The molecule has 1 aliphatic rings. The highest BCUT2D eigenvalue weighted by atomic mass is 16.5. The lowest BCUT2D eigenvalue weighted by atomic mass is 10.1. The summed E-state index contributed by atoms with van der Waals surface area (Å²) in [5.41, 5.74) is 1.86. The lowest BCUT2D eigenvalue weighted by Crippen LogP contribution is -2.41. The number of carbonyl (C=O) groups excluding carboxylic acids is 1. The van der Waals surface area contributed by atoms with Gasteiger partial charge in [-0.15, -0.1) is 0 Å². The van der Waals surface area contributed by atoms with Crippen LogP contribution < -0.4 is 15.4 Å². The molecule has 1 aromatic heterocycles. The number of fused-ring (bicyclic) bond motifs is 1. The van der Waals surface area contributed by atoms with Crippen molar-refractivity contribution in [1.82, 2.24) is 10.3 Å². The van der Waals surface area contributed by atoms with Gasteiger partial charge in [0.25, 0.3) is 0 Å². The van der Waals surface area contributed by atoms with Crippen LogP contribution in [0.1, 0.15) is 12.0 Å². The number of para-hydroxylation sites is 1. The first-order valence-corrected chi connectivity index (χ1v) is 6.99. The summed E-state index contributed by atoms with van der Waals surface area (Å²) in [5, 5.41) is 5.70. The molecule has 0 saturated heterocycles. The van der Waals surface area contributed by atoms with Gasteiger partial charge in [0, 0.05) is 6.20 Å². The molecular weight excluding hydrogens is 266 g/mol. The van der Waals surface area contributed by atoms with Gasteiger partial charge in [0.05, 0.1) is 17.9 Å². The van der Waals surface area contributed by atoms with Gasteiger partial charge in [-0.2, -0.15) is 0 Å². The van der Waals surface area contributed by atoms with Crippen LogP contribution in [0.4, 0.5) is 10.5 Å². The Labute approximate surface area is 123 Å². The number of benzene rings is 1. The second-order valence-corrected chi connectivity index (χ2v) is 4.99. The number of hydrogen-bond donors (Lipinski definition) is 2. The van der Waals surface area contributed by atoms with Crippen molar-refractivity contribution in [2.24, 2.45) is 0 Å². The Balaban J connectivity index is 1.56. The van der Waals surface area contributed by atoms with Crippen LogP contribution in [0.25, 0.3) is 0 Å². The lowest BCUT2D eigenvalue weighted by Gasteiger charge is -2.16. The van der Waals surface area contributed by atoms with Gasteiger partial charge < -0.3 is 15.4 Å². The first-order valence-electron chi connectivity index (χ1n) is 6.99. The van der Waals surface area contributed by atoms with E-state index in [1.54, 1.807) is 24.5 Å². The fourth-order valence-electron chi connectivity index (χ4n) is 2.36. The number of urea groups is 1. The fraction of sp³-hybridized carbons (Fsp3) is 0.250. The van der Waals surface area contributed by atoms with Gasteiger partial charge in [-0.05, 0) is 36.6 Å². The van der Waals surface area contributed by atoms with Gasteiger partial charge in [0.1, 0.15) is 12.4 Å². The quantitative estimate of drug-likeness (QED) is 0.890. The number of nitrogens with zero attached hydrogens (tertiary/aromatic N) is 1. The van der Waals surface area contributed by atoms with Gasteiger partial charge in [0.15, 0.2) is 0 Å². The molecule has 5 nitrogen and oxygen atoms in total. The number of hydrogen-bond acceptors (Lipinski definition) is 3. The molecule has 2 heterocycles. The van der Waals surface area contributed by atoms with Crippen LogP contribution in [0, 0.1) is 0 Å². The van der Waals surface area contributed by atoms with Crippen molar-refractivity contribution < 1.29 is 9.53 Å².